The Hall–Kier alpha value is -1.59. The number of benzene rings is 1. The quantitative estimate of drug-likeness (QED) is 0.877. The van der Waals surface area contributed by atoms with Crippen LogP contribution in [0, 0.1) is 5.92 Å². The number of amides is 1. The first-order valence-corrected chi connectivity index (χ1v) is 7.51. The van der Waals surface area contributed by atoms with Crippen LogP contribution in [0.5, 0.6) is 5.75 Å². The zero-order chi connectivity index (χ0) is 15.2. The number of nitrogens with zero attached hydrogens (tertiary/aromatic N) is 2. The molecule has 21 heavy (non-hydrogen) atoms. The van der Waals surface area contributed by atoms with Gasteiger partial charge in [0, 0.05) is 38.3 Å². The Morgan fingerprint density at radius 2 is 2.10 bits per heavy atom. The summed E-state index contributed by atoms with van der Waals surface area (Å²) in [4.78, 5) is 16.0. The van der Waals surface area contributed by atoms with Crippen molar-refractivity contribution < 1.29 is 9.53 Å². The Kier molecular flexibility index (Phi) is 5.59. The van der Waals surface area contributed by atoms with Crippen LogP contribution in [0.25, 0.3) is 0 Å². The average molecular weight is 291 g/mol. The molecule has 0 spiro atoms. The molecule has 1 aliphatic heterocycles. The van der Waals surface area contributed by atoms with Crippen molar-refractivity contribution in [2.24, 2.45) is 11.7 Å². The molecule has 5 heteroatoms. The number of rotatable bonds is 5. The van der Waals surface area contributed by atoms with E-state index in [0.717, 1.165) is 37.5 Å². The zero-order valence-corrected chi connectivity index (χ0v) is 12.9. The maximum absolute atomic E-state index is 11.6. The van der Waals surface area contributed by atoms with Crippen molar-refractivity contribution in [3.63, 3.8) is 0 Å². The lowest BCUT2D eigenvalue weighted by atomic mass is 10.1. The van der Waals surface area contributed by atoms with Gasteiger partial charge in [-0.25, -0.2) is 0 Å². The summed E-state index contributed by atoms with van der Waals surface area (Å²) in [5, 5.41) is 0. The lowest BCUT2D eigenvalue weighted by Gasteiger charge is -2.23. The van der Waals surface area contributed by atoms with Crippen LogP contribution in [-0.2, 0) is 11.3 Å². The van der Waals surface area contributed by atoms with Crippen LogP contribution in [0.2, 0.25) is 0 Å². The van der Waals surface area contributed by atoms with Crippen molar-refractivity contribution >= 4 is 5.91 Å². The SMILES string of the molecule is CCOc1ccccc1CN1CCN(C)C[C@@H](C(N)=O)C1. The highest BCUT2D eigenvalue weighted by atomic mass is 16.5. The van der Waals surface area contributed by atoms with E-state index in [1.165, 1.54) is 0 Å². The number of nitrogens with two attached hydrogens (primary N) is 1. The van der Waals surface area contributed by atoms with Crippen LogP contribution in [0.4, 0.5) is 0 Å². The fourth-order valence-electron chi connectivity index (χ4n) is 2.74. The van der Waals surface area contributed by atoms with E-state index in [-0.39, 0.29) is 11.8 Å². The molecule has 1 aromatic carbocycles. The van der Waals surface area contributed by atoms with Gasteiger partial charge in [0.25, 0.3) is 0 Å². The van der Waals surface area contributed by atoms with Gasteiger partial charge in [-0.15, -0.1) is 0 Å². The van der Waals surface area contributed by atoms with Crippen molar-refractivity contribution in [1.82, 2.24) is 9.80 Å². The van der Waals surface area contributed by atoms with Gasteiger partial charge in [-0.1, -0.05) is 18.2 Å². The van der Waals surface area contributed by atoms with Crippen LogP contribution in [-0.4, -0.2) is 55.5 Å². The first-order valence-electron chi connectivity index (χ1n) is 7.51. The summed E-state index contributed by atoms with van der Waals surface area (Å²) in [6.45, 7) is 6.75. The first-order chi connectivity index (χ1) is 10.1. The summed E-state index contributed by atoms with van der Waals surface area (Å²) in [7, 11) is 2.04. The van der Waals surface area contributed by atoms with Gasteiger partial charge in [-0.05, 0) is 20.0 Å². The van der Waals surface area contributed by atoms with Gasteiger partial charge in [0.1, 0.15) is 5.75 Å². The lowest BCUT2D eigenvalue weighted by molar-refractivity contribution is -0.122. The number of primary amides is 1. The molecular formula is C16H25N3O2. The molecule has 1 amide bonds. The van der Waals surface area contributed by atoms with Crippen LogP contribution >= 0.6 is 0 Å². The molecule has 116 valence electrons. The van der Waals surface area contributed by atoms with Crippen molar-refractivity contribution in [3.8, 4) is 5.75 Å². The summed E-state index contributed by atoms with van der Waals surface area (Å²) in [5.41, 5.74) is 6.67. The summed E-state index contributed by atoms with van der Waals surface area (Å²) < 4.78 is 5.68. The van der Waals surface area contributed by atoms with Crippen molar-refractivity contribution in [3.05, 3.63) is 29.8 Å². The zero-order valence-electron chi connectivity index (χ0n) is 12.9. The summed E-state index contributed by atoms with van der Waals surface area (Å²) in [6.07, 6.45) is 0. The van der Waals surface area contributed by atoms with Gasteiger partial charge in [0.15, 0.2) is 0 Å². The van der Waals surface area contributed by atoms with Crippen LogP contribution in [0.3, 0.4) is 0 Å². The average Bonchev–Trinajstić information content (AvgIpc) is 2.64. The van der Waals surface area contributed by atoms with E-state index in [4.69, 9.17) is 10.5 Å². The van der Waals surface area contributed by atoms with E-state index in [2.05, 4.69) is 15.9 Å². The van der Waals surface area contributed by atoms with E-state index >= 15 is 0 Å². The van der Waals surface area contributed by atoms with Crippen molar-refractivity contribution in [2.45, 2.75) is 13.5 Å². The molecular weight excluding hydrogens is 266 g/mol. The predicted molar refractivity (Wildman–Crippen MR) is 83.1 cm³/mol. The molecule has 0 radical (unpaired) electrons. The Balaban J connectivity index is 2.09. The van der Waals surface area contributed by atoms with E-state index < -0.39 is 0 Å². The molecule has 1 saturated heterocycles. The van der Waals surface area contributed by atoms with Crippen molar-refractivity contribution in [1.29, 1.82) is 0 Å². The monoisotopic (exact) mass is 291 g/mol. The highest BCUT2D eigenvalue weighted by Crippen LogP contribution is 2.21. The van der Waals surface area contributed by atoms with Crippen LogP contribution in [0.1, 0.15) is 12.5 Å². The third kappa shape index (κ3) is 4.44. The number of ether oxygens (including phenoxy) is 1. The normalized spacial score (nSPS) is 21.0. The number of carbonyl (C=O) groups is 1. The largest absolute Gasteiger partial charge is 0.494 e. The van der Waals surface area contributed by atoms with E-state index in [0.29, 0.717) is 13.2 Å². The van der Waals surface area contributed by atoms with Gasteiger partial charge in [0.2, 0.25) is 5.91 Å². The minimum atomic E-state index is -0.216. The summed E-state index contributed by atoms with van der Waals surface area (Å²) in [5.74, 6) is 0.594. The Labute approximate surface area is 126 Å². The topological polar surface area (TPSA) is 58.8 Å². The summed E-state index contributed by atoms with van der Waals surface area (Å²) >= 11 is 0. The maximum atomic E-state index is 11.6. The molecule has 1 aliphatic rings. The fourth-order valence-corrected chi connectivity index (χ4v) is 2.74. The molecule has 1 heterocycles. The molecule has 0 unspecified atom stereocenters. The van der Waals surface area contributed by atoms with Gasteiger partial charge in [-0.2, -0.15) is 0 Å². The number of para-hydroxylation sites is 1. The molecule has 2 N–H and O–H groups in total. The highest BCUT2D eigenvalue weighted by molar-refractivity contribution is 5.77. The molecule has 0 aliphatic carbocycles. The van der Waals surface area contributed by atoms with E-state index in [9.17, 15) is 4.79 Å². The third-order valence-electron chi connectivity index (χ3n) is 3.88. The minimum Gasteiger partial charge on any atom is -0.494 e. The fraction of sp³-hybridized carbons (Fsp3) is 0.562. The van der Waals surface area contributed by atoms with Crippen LogP contribution in [0.15, 0.2) is 24.3 Å². The number of likely N-dealkylation sites (N-methyl/N-ethyl adjacent to an activating group) is 1. The third-order valence-corrected chi connectivity index (χ3v) is 3.88. The van der Waals surface area contributed by atoms with Gasteiger partial charge in [0.05, 0.1) is 12.5 Å². The lowest BCUT2D eigenvalue weighted by Crippen LogP contribution is -2.37. The number of hydrogen-bond acceptors (Lipinski definition) is 4. The first kappa shape index (κ1) is 15.8. The number of carbonyl (C=O) groups excluding carboxylic acids is 1. The van der Waals surface area contributed by atoms with Gasteiger partial charge >= 0.3 is 0 Å². The summed E-state index contributed by atoms with van der Waals surface area (Å²) in [6, 6.07) is 8.08. The van der Waals surface area contributed by atoms with Crippen molar-refractivity contribution in [2.75, 3.05) is 39.8 Å². The molecule has 1 atom stereocenters. The van der Waals surface area contributed by atoms with E-state index in [1.807, 2.05) is 32.2 Å². The van der Waals surface area contributed by atoms with E-state index in [1.54, 1.807) is 0 Å². The Bertz CT molecular complexity index is 478. The maximum Gasteiger partial charge on any atom is 0.223 e. The molecule has 0 saturated carbocycles. The second-order valence-electron chi connectivity index (χ2n) is 5.64. The smallest absolute Gasteiger partial charge is 0.223 e. The predicted octanol–water partition coefficient (Wildman–Crippen LogP) is 0.934. The van der Waals surface area contributed by atoms with Gasteiger partial charge in [-0.3, -0.25) is 9.69 Å². The standard InChI is InChI=1S/C16H25N3O2/c1-3-21-15-7-5-4-6-13(15)11-19-9-8-18(2)10-14(12-19)16(17)20/h4-7,14H,3,8-12H2,1-2H3,(H2,17,20)/t14-/m1/s1. The molecule has 5 nitrogen and oxygen atoms in total. The highest BCUT2D eigenvalue weighted by Gasteiger charge is 2.25. The Morgan fingerprint density at radius 3 is 2.81 bits per heavy atom. The molecule has 2 rings (SSSR count). The number of hydrogen-bond donors (Lipinski definition) is 1. The minimum absolute atomic E-state index is 0.114. The molecule has 0 aromatic heterocycles. The van der Waals surface area contributed by atoms with Crippen LogP contribution < -0.4 is 10.5 Å². The second-order valence-corrected chi connectivity index (χ2v) is 5.64. The molecule has 0 bridgehead atoms. The molecule has 1 aromatic rings. The second kappa shape index (κ2) is 7.43. The van der Waals surface area contributed by atoms with Gasteiger partial charge < -0.3 is 15.4 Å². The molecule has 1 fully saturated rings. The Morgan fingerprint density at radius 1 is 1.33 bits per heavy atom.